The number of nitrogens with two attached hydrogens (primary N) is 1. The van der Waals surface area contributed by atoms with E-state index < -0.39 is 5.54 Å². The molecule has 5 heteroatoms. The lowest BCUT2D eigenvalue weighted by Gasteiger charge is -2.31. The largest absolute Gasteiger partial charge is 0.350 e. The molecule has 1 heterocycles. The number of para-hydroxylation sites is 2. The van der Waals surface area contributed by atoms with Gasteiger partial charge >= 0.3 is 0 Å². The van der Waals surface area contributed by atoms with E-state index in [0.717, 1.165) is 48.0 Å². The second kappa shape index (κ2) is 6.92. The molecule has 4 rings (SSSR count). The van der Waals surface area contributed by atoms with E-state index in [1.165, 1.54) is 6.42 Å². The summed E-state index contributed by atoms with van der Waals surface area (Å²) in [6.07, 6.45) is 6.66. The highest BCUT2D eigenvalue weighted by Crippen LogP contribution is 2.26. The first kappa shape index (κ1) is 16.8. The summed E-state index contributed by atoms with van der Waals surface area (Å²) in [7, 11) is 0. The molecule has 134 valence electrons. The Bertz CT molecular complexity index is 907. The zero-order valence-corrected chi connectivity index (χ0v) is 14.8. The number of amides is 1. The first-order chi connectivity index (χ1) is 12.7. The molecule has 0 spiro atoms. The number of fused-ring (bicyclic) bond motifs is 1. The number of rotatable bonds is 4. The van der Waals surface area contributed by atoms with Gasteiger partial charge in [0.25, 0.3) is 0 Å². The van der Waals surface area contributed by atoms with Crippen LogP contribution in [0, 0.1) is 0 Å². The molecular weight excluding hydrogens is 324 g/mol. The maximum Gasteiger partial charge on any atom is 0.240 e. The maximum absolute atomic E-state index is 12.4. The van der Waals surface area contributed by atoms with Crippen LogP contribution in [-0.2, 0) is 11.3 Å². The second-order valence-corrected chi connectivity index (χ2v) is 7.17. The van der Waals surface area contributed by atoms with Gasteiger partial charge in [0.15, 0.2) is 0 Å². The molecule has 1 saturated carbocycles. The fourth-order valence-electron chi connectivity index (χ4n) is 3.71. The molecule has 1 aliphatic rings. The van der Waals surface area contributed by atoms with Crippen molar-refractivity contribution in [2.45, 2.75) is 44.2 Å². The minimum Gasteiger partial charge on any atom is -0.350 e. The van der Waals surface area contributed by atoms with E-state index in [9.17, 15) is 4.79 Å². The number of nitrogens with one attached hydrogen (secondary N) is 1. The van der Waals surface area contributed by atoms with Gasteiger partial charge in [-0.25, -0.2) is 4.98 Å². The average molecular weight is 348 g/mol. The number of imidazole rings is 1. The van der Waals surface area contributed by atoms with Crippen LogP contribution < -0.4 is 11.1 Å². The quantitative estimate of drug-likeness (QED) is 0.760. The normalized spacial score (nSPS) is 16.5. The first-order valence-electron chi connectivity index (χ1n) is 9.24. The molecule has 0 atom stereocenters. The van der Waals surface area contributed by atoms with Crippen LogP contribution in [0.25, 0.3) is 16.7 Å². The number of hydrogen-bond acceptors (Lipinski definition) is 3. The van der Waals surface area contributed by atoms with E-state index in [0.29, 0.717) is 6.54 Å². The molecular formula is C21H24N4O. The van der Waals surface area contributed by atoms with Crippen molar-refractivity contribution in [2.24, 2.45) is 5.73 Å². The van der Waals surface area contributed by atoms with Gasteiger partial charge in [0.2, 0.25) is 5.91 Å². The van der Waals surface area contributed by atoms with Gasteiger partial charge in [0, 0.05) is 12.2 Å². The van der Waals surface area contributed by atoms with Crippen LogP contribution in [0.1, 0.15) is 37.7 Å². The topological polar surface area (TPSA) is 72.9 Å². The Balaban J connectivity index is 1.44. The Kier molecular flexibility index (Phi) is 4.47. The predicted octanol–water partition coefficient (Wildman–Crippen LogP) is 3.30. The molecule has 1 aliphatic carbocycles. The summed E-state index contributed by atoms with van der Waals surface area (Å²) in [5, 5.41) is 3.01. The molecule has 5 nitrogen and oxygen atoms in total. The first-order valence-corrected chi connectivity index (χ1v) is 9.24. The van der Waals surface area contributed by atoms with Crippen molar-refractivity contribution in [1.82, 2.24) is 14.9 Å². The molecule has 3 N–H and O–H groups in total. The Morgan fingerprint density at radius 1 is 1.08 bits per heavy atom. The van der Waals surface area contributed by atoms with E-state index in [-0.39, 0.29) is 5.91 Å². The fraction of sp³-hybridized carbons (Fsp3) is 0.333. The van der Waals surface area contributed by atoms with E-state index in [1.807, 2.05) is 36.7 Å². The van der Waals surface area contributed by atoms with Gasteiger partial charge in [0.05, 0.1) is 16.6 Å². The summed E-state index contributed by atoms with van der Waals surface area (Å²) in [6.45, 7) is 0.503. The second-order valence-electron chi connectivity index (χ2n) is 7.17. The smallest absolute Gasteiger partial charge is 0.240 e. The molecule has 0 unspecified atom stereocenters. The zero-order valence-electron chi connectivity index (χ0n) is 14.8. The molecule has 0 saturated heterocycles. The molecule has 1 amide bonds. The van der Waals surface area contributed by atoms with E-state index in [2.05, 4.69) is 33.1 Å². The monoisotopic (exact) mass is 348 g/mol. The SMILES string of the molecule is NC1(C(=O)NCc2ccc(-n3cnc4ccccc43)cc2)CCCCC1. The predicted molar refractivity (Wildman–Crippen MR) is 103 cm³/mol. The summed E-state index contributed by atoms with van der Waals surface area (Å²) in [4.78, 5) is 16.9. The molecule has 3 aromatic rings. The number of aromatic nitrogens is 2. The van der Waals surface area contributed by atoms with E-state index >= 15 is 0 Å². The van der Waals surface area contributed by atoms with Crippen LogP contribution in [0.2, 0.25) is 0 Å². The van der Waals surface area contributed by atoms with Crippen molar-refractivity contribution in [3.8, 4) is 5.69 Å². The van der Waals surface area contributed by atoms with Crippen molar-refractivity contribution in [3.05, 3.63) is 60.4 Å². The van der Waals surface area contributed by atoms with Gasteiger partial charge in [-0.2, -0.15) is 0 Å². The highest BCUT2D eigenvalue weighted by atomic mass is 16.2. The van der Waals surface area contributed by atoms with Gasteiger partial charge in [-0.3, -0.25) is 9.36 Å². The van der Waals surface area contributed by atoms with Crippen LogP contribution in [0.5, 0.6) is 0 Å². The van der Waals surface area contributed by atoms with Gasteiger partial charge in [0.1, 0.15) is 6.33 Å². The van der Waals surface area contributed by atoms with Crippen molar-refractivity contribution in [3.63, 3.8) is 0 Å². The number of nitrogens with zero attached hydrogens (tertiary/aromatic N) is 2. The third-order valence-electron chi connectivity index (χ3n) is 5.32. The van der Waals surface area contributed by atoms with Gasteiger partial charge in [-0.1, -0.05) is 43.5 Å². The molecule has 1 fully saturated rings. The fourth-order valence-corrected chi connectivity index (χ4v) is 3.71. The summed E-state index contributed by atoms with van der Waals surface area (Å²) in [5.41, 5.74) is 9.77. The highest BCUT2D eigenvalue weighted by molar-refractivity contribution is 5.86. The standard InChI is InChI=1S/C21H24N4O/c22-21(12-4-1-5-13-21)20(26)23-14-16-8-10-17(11-9-16)25-15-24-18-6-2-3-7-19(18)25/h2-3,6-11,15H,1,4-5,12-14,22H2,(H,23,26). The number of carbonyl (C=O) groups is 1. The highest BCUT2D eigenvalue weighted by Gasteiger charge is 2.34. The third-order valence-corrected chi connectivity index (χ3v) is 5.32. The van der Waals surface area contributed by atoms with Gasteiger partial charge in [-0.05, 0) is 42.7 Å². The Morgan fingerprint density at radius 3 is 2.58 bits per heavy atom. The Labute approximate surface area is 153 Å². The molecule has 2 aromatic carbocycles. The van der Waals surface area contributed by atoms with Crippen LogP contribution in [0.4, 0.5) is 0 Å². The molecule has 0 aliphatic heterocycles. The van der Waals surface area contributed by atoms with Crippen molar-refractivity contribution in [2.75, 3.05) is 0 Å². The third kappa shape index (κ3) is 3.22. The van der Waals surface area contributed by atoms with E-state index in [1.54, 1.807) is 0 Å². The molecule has 0 bridgehead atoms. The Hall–Kier alpha value is -2.66. The minimum absolute atomic E-state index is 0.0260. The minimum atomic E-state index is -0.687. The number of benzene rings is 2. The molecule has 1 aromatic heterocycles. The summed E-state index contributed by atoms with van der Waals surface area (Å²) < 4.78 is 2.06. The number of hydrogen-bond donors (Lipinski definition) is 2. The van der Waals surface area contributed by atoms with Crippen molar-refractivity contribution < 1.29 is 4.79 Å². The lowest BCUT2D eigenvalue weighted by Crippen LogP contribution is -2.54. The van der Waals surface area contributed by atoms with E-state index in [4.69, 9.17) is 5.73 Å². The van der Waals surface area contributed by atoms with Gasteiger partial charge < -0.3 is 11.1 Å². The Morgan fingerprint density at radius 2 is 1.81 bits per heavy atom. The lowest BCUT2D eigenvalue weighted by atomic mass is 9.82. The zero-order chi connectivity index (χ0) is 18.0. The molecule has 0 radical (unpaired) electrons. The van der Waals surface area contributed by atoms with Crippen LogP contribution in [0.3, 0.4) is 0 Å². The molecule has 26 heavy (non-hydrogen) atoms. The van der Waals surface area contributed by atoms with Crippen LogP contribution in [-0.4, -0.2) is 21.0 Å². The number of carbonyl (C=O) groups excluding carboxylic acids is 1. The van der Waals surface area contributed by atoms with Crippen molar-refractivity contribution in [1.29, 1.82) is 0 Å². The maximum atomic E-state index is 12.4. The average Bonchev–Trinajstić information content (AvgIpc) is 3.11. The van der Waals surface area contributed by atoms with Crippen LogP contribution in [0.15, 0.2) is 54.9 Å². The van der Waals surface area contributed by atoms with Crippen LogP contribution >= 0.6 is 0 Å². The lowest BCUT2D eigenvalue weighted by molar-refractivity contribution is -0.127. The van der Waals surface area contributed by atoms with Crippen molar-refractivity contribution >= 4 is 16.9 Å². The van der Waals surface area contributed by atoms with Gasteiger partial charge in [-0.15, -0.1) is 0 Å². The summed E-state index contributed by atoms with van der Waals surface area (Å²) in [6, 6.07) is 16.2. The summed E-state index contributed by atoms with van der Waals surface area (Å²) in [5.74, 6) is -0.0260. The summed E-state index contributed by atoms with van der Waals surface area (Å²) >= 11 is 0.